The summed E-state index contributed by atoms with van der Waals surface area (Å²) in [6.45, 7) is 4.03. The molecular formula is C26H40BrN7O. The second-order valence-corrected chi connectivity index (χ2v) is 10.5. The molecule has 1 aliphatic carbocycles. The van der Waals surface area contributed by atoms with E-state index in [1.165, 1.54) is 56.9 Å². The summed E-state index contributed by atoms with van der Waals surface area (Å²) in [6.07, 6.45) is 11.8. The van der Waals surface area contributed by atoms with Gasteiger partial charge in [0.2, 0.25) is 17.8 Å². The molecule has 2 aromatic rings. The molecule has 1 aromatic heterocycles. The van der Waals surface area contributed by atoms with Gasteiger partial charge in [-0.15, -0.1) is 0 Å². The van der Waals surface area contributed by atoms with Crippen LogP contribution in [0.5, 0.6) is 5.75 Å². The van der Waals surface area contributed by atoms with Gasteiger partial charge in [-0.2, -0.15) is 15.0 Å². The topological polar surface area (TPSA) is 96.0 Å². The SMILES string of the molecule is CCC(Nc1nc(NCCc2ccc(OC)c(Br)c2)nc(NC2CCCCCC2)n1)C1CCCN1. The molecule has 4 N–H and O–H groups in total. The second kappa shape index (κ2) is 13.3. The molecule has 2 fully saturated rings. The van der Waals surface area contributed by atoms with Crippen LogP contribution in [-0.4, -0.2) is 53.3 Å². The summed E-state index contributed by atoms with van der Waals surface area (Å²) >= 11 is 3.57. The maximum atomic E-state index is 5.34. The van der Waals surface area contributed by atoms with Gasteiger partial charge in [0.25, 0.3) is 0 Å². The first-order valence-corrected chi connectivity index (χ1v) is 14.0. The molecule has 0 radical (unpaired) electrons. The predicted octanol–water partition coefficient (Wildman–Crippen LogP) is 5.37. The number of hydrogen-bond acceptors (Lipinski definition) is 8. The Kier molecular flexibility index (Phi) is 9.83. The molecule has 2 aliphatic rings. The molecule has 2 unspecified atom stereocenters. The number of rotatable bonds is 11. The summed E-state index contributed by atoms with van der Waals surface area (Å²) in [5.41, 5.74) is 1.22. The summed E-state index contributed by atoms with van der Waals surface area (Å²) in [4.78, 5) is 14.3. The zero-order chi connectivity index (χ0) is 24.5. The summed E-state index contributed by atoms with van der Waals surface area (Å²) in [6, 6.07) is 7.36. The van der Waals surface area contributed by atoms with Gasteiger partial charge in [-0.3, -0.25) is 0 Å². The second-order valence-electron chi connectivity index (χ2n) is 9.65. The molecule has 192 valence electrons. The van der Waals surface area contributed by atoms with Crippen LogP contribution in [0.3, 0.4) is 0 Å². The maximum Gasteiger partial charge on any atom is 0.229 e. The van der Waals surface area contributed by atoms with Crippen LogP contribution in [0.1, 0.15) is 70.3 Å². The van der Waals surface area contributed by atoms with Crippen molar-refractivity contribution >= 4 is 33.8 Å². The predicted molar refractivity (Wildman–Crippen MR) is 147 cm³/mol. The van der Waals surface area contributed by atoms with E-state index in [0.717, 1.165) is 36.2 Å². The van der Waals surface area contributed by atoms with Gasteiger partial charge in [0.1, 0.15) is 5.75 Å². The van der Waals surface area contributed by atoms with Crippen molar-refractivity contribution in [3.8, 4) is 5.75 Å². The minimum Gasteiger partial charge on any atom is -0.496 e. The fourth-order valence-corrected chi connectivity index (χ4v) is 5.67. The van der Waals surface area contributed by atoms with Crippen molar-refractivity contribution < 1.29 is 4.74 Å². The highest BCUT2D eigenvalue weighted by Gasteiger charge is 2.24. The largest absolute Gasteiger partial charge is 0.496 e. The van der Waals surface area contributed by atoms with Gasteiger partial charge in [0.15, 0.2) is 0 Å². The molecule has 0 amide bonds. The molecule has 9 heteroatoms. The zero-order valence-electron chi connectivity index (χ0n) is 21.1. The molecule has 35 heavy (non-hydrogen) atoms. The number of halogens is 1. The quantitative estimate of drug-likeness (QED) is 0.279. The third kappa shape index (κ3) is 7.67. The summed E-state index contributed by atoms with van der Waals surface area (Å²) in [7, 11) is 1.68. The fourth-order valence-electron chi connectivity index (χ4n) is 5.08. The van der Waals surface area contributed by atoms with E-state index < -0.39 is 0 Å². The van der Waals surface area contributed by atoms with E-state index in [4.69, 9.17) is 19.7 Å². The first-order valence-electron chi connectivity index (χ1n) is 13.2. The Hall–Kier alpha value is -2.13. The van der Waals surface area contributed by atoms with Crippen LogP contribution in [-0.2, 0) is 6.42 Å². The first-order chi connectivity index (χ1) is 17.1. The van der Waals surface area contributed by atoms with Gasteiger partial charge < -0.3 is 26.0 Å². The van der Waals surface area contributed by atoms with E-state index in [-0.39, 0.29) is 0 Å². The van der Waals surface area contributed by atoms with Crippen molar-refractivity contribution in [2.24, 2.45) is 0 Å². The molecule has 1 saturated heterocycles. The lowest BCUT2D eigenvalue weighted by atomic mass is 10.0. The molecule has 2 atom stereocenters. The van der Waals surface area contributed by atoms with E-state index in [9.17, 15) is 0 Å². The van der Waals surface area contributed by atoms with Crippen molar-refractivity contribution in [1.82, 2.24) is 20.3 Å². The monoisotopic (exact) mass is 545 g/mol. The lowest BCUT2D eigenvalue weighted by Gasteiger charge is -2.24. The highest BCUT2D eigenvalue weighted by atomic mass is 79.9. The van der Waals surface area contributed by atoms with Gasteiger partial charge in [0, 0.05) is 24.7 Å². The first kappa shape index (κ1) is 25.9. The average Bonchev–Trinajstić information content (AvgIpc) is 3.27. The number of aromatic nitrogens is 3. The number of nitrogens with zero attached hydrogens (tertiary/aromatic N) is 3. The Balaban J connectivity index is 1.45. The smallest absolute Gasteiger partial charge is 0.229 e. The lowest BCUT2D eigenvalue weighted by Crippen LogP contribution is -2.40. The fraction of sp³-hybridized carbons (Fsp3) is 0.654. The van der Waals surface area contributed by atoms with Crippen LogP contribution in [0, 0.1) is 0 Å². The summed E-state index contributed by atoms with van der Waals surface area (Å²) in [5.74, 6) is 2.76. The standard InChI is InChI=1S/C26H40BrN7O/c1-3-21(22-11-8-15-28-22)31-26-33-24(29-16-14-18-12-13-23(35-2)20(27)17-18)32-25(34-26)30-19-9-6-4-5-7-10-19/h12-13,17,19,21-22,28H,3-11,14-16H2,1-2H3,(H3,29,30,31,32,33,34). The van der Waals surface area contributed by atoms with Gasteiger partial charge >= 0.3 is 0 Å². The molecule has 4 rings (SSSR count). The minimum atomic E-state index is 0.301. The molecule has 1 aliphatic heterocycles. The third-order valence-electron chi connectivity index (χ3n) is 7.08. The van der Waals surface area contributed by atoms with Gasteiger partial charge in [-0.1, -0.05) is 38.7 Å². The van der Waals surface area contributed by atoms with E-state index in [1.807, 2.05) is 6.07 Å². The average molecular weight is 547 g/mol. The highest BCUT2D eigenvalue weighted by molar-refractivity contribution is 9.10. The van der Waals surface area contributed by atoms with Crippen molar-refractivity contribution in [3.63, 3.8) is 0 Å². The van der Waals surface area contributed by atoms with Crippen molar-refractivity contribution in [1.29, 1.82) is 0 Å². The normalized spacial score (nSPS) is 19.7. The van der Waals surface area contributed by atoms with E-state index in [1.54, 1.807) is 7.11 Å². The Morgan fingerprint density at radius 2 is 1.80 bits per heavy atom. The van der Waals surface area contributed by atoms with E-state index >= 15 is 0 Å². The number of hydrogen-bond donors (Lipinski definition) is 4. The Bertz CT molecular complexity index is 930. The number of benzene rings is 1. The molecule has 0 spiro atoms. The van der Waals surface area contributed by atoms with Crippen molar-refractivity contribution in [3.05, 3.63) is 28.2 Å². The molecule has 8 nitrogen and oxygen atoms in total. The van der Waals surface area contributed by atoms with Crippen molar-refractivity contribution in [2.45, 2.75) is 89.3 Å². The Labute approximate surface area is 218 Å². The zero-order valence-corrected chi connectivity index (χ0v) is 22.7. The third-order valence-corrected chi connectivity index (χ3v) is 7.69. The van der Waals surface area contributed by atoms with Crippen LogP contribution in [0.4, 0.5) is 17.8 Å². The van der Waals surface area contributed by atoms with E-state index in [0.29, 0.717) is 36.0 Å². The number of methoxy groups -OCH3 is 1. The van der Waals surface area contributed by atoms with Crippen LogP contribution < -0.4 is 26.0 Å². The van der Waals surface area contributed by atoms with Crippen LogP contribution in [0.25, 0.3) is 0 Å². The van der Waals surface area contributed by atoms with Crippen molar-refractivity contribution in [2.75, 3.05) is 36.1 Å². The lowest BCUT2D eigenvalue weighted by molar-refractivity contribution is 0.412. The summed E-state index contributed by atoms with van der Waals surface area (Å²) in [5, 5.41) is 14.3. The maximum absolute atomic E-state index is 5.34. The Morgan fingerprint density at radius 1 is 1.03 bits per heavy atom. The van der Waals surface area contributed by atoms with Crippen LogP contribution in [0.15, 0.2) is 22.7 Å². The Morgan fingerprint density at radius 3 is 2.49 bits per heavy atom. The summed E-state index contributed by atoms with van der Waals surface area (Å²) < 4.78 is 6.30. The minimum absolute atomic E-state index is 0.301. The molecule has 1 aromatic carbocycles. The molecule has 2 heterocycles. The number of anilines is 3. The van der Waals surface area contributed by atoms with Crippen LogP contribution >= 0.6 is 15.9 Å². The van der Waals surface area contributed by atoms with Gasteiger partial charge in [-0.25, -0.2) is 0 Å². The molecule has 1 saturated carbocycles. The number of nitrogens with one attached hydrogen (secondary N) is 4. The molecular weight excluding hydrogens is 506 g/mol. The molecule has 0 bridgehead atoms. The van der Waals surface area contributed by atoms with Gasteiger partial charge in [-0.05, 0) is 78.7 Å². The highest BCUT2D eigenvalue weighted by Crippen LogP contribution is 2.26. The van der Waals surface area contributed by atoms with E-state index in [2.05, 4.69) is 56.3 Å². The number of ether oxygens (including phenoxy) is 1. The van der Waals surface area contributed by atoms with Gasteiger partial charge in [0.05, 0.1) is 11.6 Å². The van der Waals surface area contributed by atoms with Crippen LogP contribution in [0.2, 0.25) is 0 Å².